The van der Waals surface area contributed by atoms with Crippen LogP contribution in [0, 0.1) is 17.7 Å². The molecule has 0 saturated carbocycles. The van der Waals surface area contributed by atoms with Crippen molar-refractivity contribution in [2.45, 2.75) is 6.92 Å². The Morgan fingerprint density at radius 2 is 2.25 bits per heavy atom. The number of hydrogen-bond acceptors (Lipinski definition) is 3. The molecular formula is C12H13FO3. The monoisotopic (exact) mass is 224 g/mol. The van der Waals surface area contributed by atoms with Crippen LogP contribution in [0.2, 0.25) is 0 Å². The molecule has 0 radical (unpaired) electrons. The lowest BCUT2D eigenvalue weighted by molar-refractivity contribution is 0.0201. The van der Waals surface area contributed by atoms with Gasteiger partial charge in [-0.15, -0.1) is 0 Å². The van der Waals surface area contributed by atoms with Crippen LogP contribution in [0.3, 0.4) is 0 Å². The molecule has 0 amide bonds. The van der Waals surface area contributed by atoms with Crippen LogP contribution in [0.25, 0.3) is 0 Å². The number of ether oxygens (including phenoxy) is 2. The molecule has 1 N–H and O–H groups in total. The number of benzene rings is 1. The average Bonchev–Trinajstić information content (AvgIpc) is 2.30. The van der Waals surface area contributed by atoms with Gasteiger partial charge in [-0.3, -0.25) is 0 Å². The van der Waals surface area contributed by atoms with Crippen molar-refractivity contribution >= 4 is 0 Å². The number of aliphatic hydroxyl groups is 1. The molecule has 3 nitrogen and oxygen atoms in total. The van der Waals surface area contributed by atoms with Crippen LogP contribution in [0.4, 0.5) is 4.39 Å². The topological polar surface area (TPSA) is 38.7 Å². The quantitative estimate of drug-likeness (QED) is 0.479. The molecule has 0 atom stereocenters. The first-order valence-corrected chi connectivity index (χ1v) is 4.87. The third-order valence-corrected chi connectivity index (χ3v) is 1.74. The highest BCUT2D eigenvalue weighted by atomic mass is 19.1. The van der Waals surface area contributed by atoms with E-state index < -0.39 is 5.82 Å². The highest BCUT2D eigenvalue weighted by Gasteiger charge is 2.03. The molecule has 1 aromatic rings. The summed E-state index contributed by atoms with van der Waals surface area (Å²) in [6.07, 6.45) is 0. The molecule has 4 heteroatoms. The van der Waals surface area contributed by atoms with Crippen LogP contribution in [0.15, 0.2) is 18.2 Å². The van der Waals surface area contributed by atoms with Crippen LogP contribution in [-0.4, -0.2) is 25.1 Å². The standard InChI is InChI=1S/C12H13FO3/c1-2-15-9-16-12-8-10(4-3-7-14)5-6-11(12)13/h5-6,8,14H,2,7,9H2,1H3. The molecule has 0 unspecified atom stereocenters. The maximum absolute atomic E-state index is 13.2. The highest BCUT2D eigenvalue weighted by molar-refractivity contribution is 5.40. The van der Waals surface area contributed by atoms with Gasteiger partial charge in [0.15, 0.2) is 18.4 Å². The van der Waals surface area contributed by atoms with E-state index in [9.17, 15) is 4.39 Å². The van der Waals surface area contributed by atoms with E-state index in [-0.39, 0.29) is 19.1 Å². The molecule has 1 aromatic carbocycles. The fourth-order valence-corrected chi connectivity index (χ4v) is 1.02. The number of rotatable bonds is 4. The normalized spacial score (nSPS) is 9.44. The third kappa shape index (κ3) is 3.89. The Morgan fingerprint density at radius 1 is 1.44 bits per heavy atom. The van der Waals surface area contributed by atoms with Gasteiger partial charge in [-0.05, 0) is 25.1 Å². The summed E-state index contributed by atoms with van der Waals surface area (Å²) < 4.78 is 23.3. The van der Waals surface area contributed by atoms with E-state index in [1.165, 1.54) is 18.2 Å². The Balaban J connectivity index is 2.74. The maximum atomic E-state index is 13.2. The lowest BCUT2D eigenvalue weighted by Crippen LogP contribution is -2.03. The van der Waals surface area contributed by atoms with Gasteiger partial charge in [-0.25, -0.2) is 4.39 Å². The van der Waals surface area contributed by atoms with E-state index in [4.69, 9.17) is 14.6 Å². The van der Waals surface area contributed by atoms with Crippen molar-refractivity contribution in [3.05, 3.63) is 29.6 Å². The molecule has 0 spiro atoms. The summed E-state index contributed by atoms with van der Waals surface area (Å²) in [5.74, 6) is 4.77. The predicted octanol–water partition coefficient (Wildman–Crippen LogP) is 1.54. The van der Waals surface area contributed by atoms with Gasteiger partial charge in [-0.2, -0.15) is 0 Å². The van der Waals surface area contributed by atoms with E-state index in [1.807, 2.05) is 6.92 Å². The average molecular weight is 224 g/mol. The Labute approximate surface area is 93.8 Å². The summed E-state index contributed by atoms with van der Waals surface area (Å²) in [5, 5.41) is 8.53. The van der Waals surface area contributed by atoms with Crippen molar-refractivity contribution in [3.8, 4) is 17.6 Å². The second-order valence-electron chi connectivity index (χ2n) is 2.86. The van der Waals surface area contributed by atoms with Crippen molar-refractivity contribution in [2.75, 3.05) is 20.0 Å². The highest BCUT2D eigenvalue weighted by Crippen LogP contribution is 2.18. The molecule has 1 rings (SSSR count). The summed E-state index contributed by atoms with van der Waals surface area (Å²) in [6.45, 7) is 2.10. The fourth-order valence-electron chi connectivity index (χ4n) is 1.02. The number of aliphatic hydroxyl groups excluding tert-OH is 1. The summed E-state index contributed by atoms with van der Waals surface area (Å²) in [4.78, 5) is 0. The first kappa shape index (κ1) is 12.5. The van der Waals surface area contributed by atoms with Gasteiger partial charge in [0.2, 0.25) is 0 Å². The third-order valence-electron chi connectivity index (χ3n) is 1.74. The largest absolute Gasteiger partial charge is 0.464 e. The van der Waals surface area contributed by atoms with Gasteiger partial charge in [0.05, 0.1) is 0 Å². The van der Waals surface area contributed by atoms with E-state index >= 15 is 0 Å². The smallest absolute Gasteiger partial charge is 0.189 e. The molecule has 0 aromatic heterocycles. The Hall–Kier alpha value is -1.57. The summed E-state index contributed by atoms with van der Waals surface area (Å²) in [6, 6.07) is 4.26. The summed E-state index contributed by atoms with van der Waals surface area (Å²) in [7, 11) is 0. The van der Waals surface area contributed by atoms with Gasteiger partial charge in [0.1, 0.15) is 6.61 Å². The molecule has 86 valence electrons. The zero-order valence-electron chi connectivity index (χ0n) is 9.00. The minimum Gasteiger partial charge on any atom is -0.464 e. The van der Waals surface area contributed by atoms with Crippen molar-refractivity contribution in [1.82, 2.24) is 0 Å². The van der Waals surface area contributed by atoms with Gasteiger partial charge >= 0.3 is 0 Å². The zero-order chi connectivity index (χ0) is 11.8. The molecule has 0 aliphatic heterocycles. The van der Waals surface area contributed by atoms with E-state index in [0.717, 1.165) is 0 Å². The Morgan fingerprint density at radius 3 is 2.94 bits per heavy atom. The van der Waals surface area contributed by atoms with Crippen LogP contribution in [-0.2, 0) is 4.74 Å². The van der Waals surface area contributed by atoms with E-state index in [1.54, 1.807) is 0 Å². The summed E-state index contributed by atoms with van der Waals surface area (Å²) in [5.41, 5.74) is 0.585. The van der Waals surface area contributed by atoms with E-state index in [0.29, 0.717) is 12.2 Å². The van der Waals surface area contributed by atoms with Crippen molar-refractivity contribution in [2.24, 2.45) is 0 Å². The molecule has 0 saturated heterocycles. The van der Waals surface area contributed by atoms with Crippen LogP contribution in [0.5, 0.6) is 5.75 Å². The first-order valence-electron chi connectivity index (χ1n) is 4.87. The van der Waals surface area contributed by atoms with Crippen LogP contribution >= 0.6 is 0 Å². The Kier molecular flexibility index (Phi) is 5.34. The first-order chi connectivity index (χ1) is 7.77. The van der Waals surface area contributed by atoms with Crippen molar-refractivity contribution in [1.29, 1.82) is 0 Å². The van der Waals surface area contributed by atoms with E-state index in [2.05, 4.69) is 11.8 Å². The van der Waals surface area contributed by atoms with Crippen LogP contribution < -0.4 is 4.74 Å². The van der Waals surface area contributed by atoms with Crippen LogP contribution in [0.1, 0.15) is 12.5 Å². The molecule has 0 heterocycles. The minimum atomic E-state index is -0.464. The number of hydrogen-bond donors (Lipinski definition) is 1. The molecule has 0 aliphatic carbocycles. The van der Waals surface area contributed by atoms with Gasteiger partial charge in [-0.1, -0.05) is 11.8 Å². The van der Waals surface area contributed by atoms with Gasteiger partial charge in [0.25, 0.3) is 0 Å². The molecule has 16 heavy (non-hydrogen) atoms. The predicted molar refractivity (Wildman–Crippen MR) is 57.5 cm³/mol. The second kappa shape index (κ2) is 6.83. The van der Waals surface area contributed by atoms with Crippen molar-refractivity contribution < 1.29 is 19.0 Å². The molecular weight excluding hydrogens is 211 g/mol. The fraction of sp³-hybridized carbons (Fsp3) is 0.333. The number of halogens is 1. The minimum absolute atomic E-state index is 0.00427. The Bertz CT molecular complexity index is 393. The summed E-state index contributed by atoms with van der Waals surface area (Å²) >= 11 is 0. The zero-order valence-corrected chi connectivity index (χ0v) is 9.00. The molecule has 0 aliphatic rings. The second-order valence-corrected chi connectivity index (χ2v) is 2.86. The van der Waals surface area contributed by atoms with Crippen molar-refractivity contribution in [3.63, 3.8) is 0 Å². The SMILES string of the molecule is CCOCOc1cc(C#CCO)ccc1F. The maximum Gasteiger partial charge on any atom is 0.189 e. The lowest BCUT2D eigenvalue weighted by atomic mass is 10.2. The van der Waals surface area contributed by atoms with Gasteiger partial charge in [0, 0.05) is 12.2 Å². The molecule has 0 bridgehead atoms. The van der Waals surface area contributed by atoms with Gasteiger partial charge < -0.3 is 14.6 Å². The molecule has 0 fully saturated rings. The lowest BCUT2D eigenvalue weighted by Gasteiger charge is -2.06.